The number of benzene rings is 1. The van der Waals surface area contributed by atoms with Gasteiger partial charge < -0.3 is 5.32 Å². The van der Waals surface area contributed by atoms with E-state index in [4.69, 9.17) is 0 Å². The van der Waals surface area contributed by atoms with Gasteiger partial charge in [-0.3, -0.25) is 9.89 Å². The fourth-order valence-corrected chi connectivity index (χ4v) is 1.94. The molecule has 0 aliphatic heterocycles. The normalized spacial score (nSPS) is 10.8. The van der Waals surface area contributed by atoms with Crippen molar-refractivity contribution in [1.29, 1.82) is 0 Å². The third-order valence-corrected chi connectivity index (χ3v) is 3.04. The quantitative estimate of drug-likeness (QED) is 0.878. The summed E-state index contributed by atoms with van der Waals surface area (Å²) in [7, 11) is 0. The number of hydrogen-bond donors (Lipinski definition) is 2. The SMILES string of the molecule is CCCc1ccccc1NC(=O)c1n[nH]c(C(C)C)n1. The molecule has 5 heteroatoms. The van der Waals surface area contributed by atoms with E-state index in [0.717, 1.165) is 29.9 Å². The van der Waals surface area contributed by atoms with Gasteiger partial charge in [0.25, 0.3) is 5.91 Å². The highest BCUT2D eigenvalue weighted by molar-refractivity contribution is 6.01. The number of aromatic nitrogens is 3. The summed E-state index contributed by atoms with van der Waals surface area (Å²) in [6, 6.07) is 7.81. The van der Waals surface area contributed by atoms with Crippen LogP contribution in [-0.2, 0) is 6.42 Å². The van der Waals surface area contributed by atoms with Crippen molar-refractivity contribution in [2.75, 3.05) is 5.32 Å². The van der Waals surface area contributed by atoms with Gasteiger partial charge in [0.15, 0.2) is 0 Å². The molecule has 0 radical (unpaired) electrons. The zero-order valence-electron chi connectivity index (χ0n) is 12.1. The standard InChI is InChI=1S/C15H20N4O/c1-4-7-11-8-5-6-9-12(11)16-15(20)14-17-13(10(2)3)18-19-14/h5-6,8-10H,4,7H2,1-3H3,(H,16,20)(H,17,18,19). The van der Waals surface area contributed by atoms with E-state index in [9.17, 15) is 4.79 Å². The molecule has 0 saturated carbocycles. The maximum atomic E-state index is 12.2. The van der Waals surface area contributed by atoms with Crippen molar-refractivity contribution >= 4 is 11.6 Å². The molecule has 1 amide bonds. The molecular formula is C15H20N4O. The molecule has 1 heterocycles. The van der Waals surface area contributed by atoms with Gasteiger partial charge in [0.05, 0.1) is 0 Å². The van der Waals surface area contributed by atoms with Crippen LogP contribution < -0.4 is 5.32 Å². The van der Waals surface area contributed by atoms with Gasteiger partial charge in [0.2, 0.25) is 5.82 Å². The number of para-hydroxylation sites is 1. The molecule has 2 aromatic rings. The minimum Gasteiger partial charge on any atom is -0.319 e. The van der Waals surface area contributed by atoms with Gasteiger partial charge in [-0.15, -0.1) is 5.10 Å². The van der Waals surface area contributed by atoms with Crippen LogP contribution in [0.2, 0.25) is 0 Å². The number of aromatic amines is 1. The summed E-state index contributed by atoms with van der Waals surface area (Å²) in [6.45, 7) is 6.11. The molecule has 2 rings (SSSR count). The predicted molar refractivity (Wildman–Crippen MR) is 78.9 cm³/mol. The van der Waals surface area contributed by atoms with Gasteiger partial charge in [0.1, 0.15) is 5.82 Å². The molecule has 0 spiro atoms. The molecule has 0 saturated heterocycles. The minimum absolute atomic E-state index is 0.181. The maximum absolute atomic E-state index is 12.2. The summed E-state index contributed by atoms with van der Waals surface area (Å²) < 4.78 is 0. The third kappa shape index (κ3) is 3.23. The van der Waals surface area contributed by atoms with Crippen LogP contribution in [0.25, 0.3) is 0 Å². The summed E-state index contributed by atoms with van der Waals surface area (Å²) in [5.41, 5.74) is 1.96. The smallest absolute Gasteiger partial charge is 0.295 e. The highest BCUT2D eigenvalue weighted by Crippen LogP contribution is 2.17. The van der Waals surface area contributed by atoms with Gasteiger partial charge in [0, 0.05) is 11.6 Å². The Morgan fingerprint density at radius 2 is 2.10 bits per heavy atom. The van der Waals surface area contributed by atoms with E-state index in [-0.39, 0.29) is 17.6 Å². The summed E-state index contributed by atoms with van der Waals surface area (Å²) in [4.78, 5) is 16.4. The highest BCUT2D eigenvalue weighted by atomic mass is 16.2. The third-order valence-electron chi connectivity index (χ3n) is 3.04. The Morgan fingerprint density at radius 1 is 1.35 bits per heavy atom. The molecule has 0 aliphatic carbocycles. The Kier molecular flexibility index (Phi) is 4.50. The number of nitrogens with one attached hydrogen (secondary N) is 2. The lowest BCUT2D eigenvalue weighted by molar-refractivity contribution is 0.101. The zero-order chi connectivity index (χ0) is 14.5. The molecule has 0 unspecified atom stereocenters. The molecule has 5 nitrogen and oxygen atoms in total. The number of anilines is 1. The minimum atomic E-state index is -0.281. The number of rotatable bonds is 5. The first kappa shape index (κ1) is 14.2. The van der Waals surface area contributed by atoms with E-state index in [1.807, 2.05) is 38.1 Å². The second-order valence-corrected chi connectivity index (χ2v) is 5.06. The lowest BCUT2D eigenvalue weighted by Crippen LogP contribution is -2.15. The average molecular weight is 272 g/mol. The Morgan fingerprint density at radius 3 is 2.75 bits per heavy atom. The Balaban J connectivity index is 2.14. The molecule has 0 aliphatic rings. The molecule has 106 valence electrons. The summed E-state index contributed by atoms with van der Waals surface area (Å²) in [5.74, 6) is 0.838. The van der Waals surface area contributed by atoms with Gasteiger partial charge in [-0.1, -0.05) is 45.4 Å². The van der Waals surface area contributed by atoms with Gasteiger partial charge in [-0.2, -0.15) is 0 Å². The second-order valence-electron chi connectivity index (χ2n) is 5.06. The van der Waals surface area contributed by atoms with Crippen LogP contribution >= 0.6 is 0 Å². The van der Waals surface area contributed by atoms with Crippen LogP contribution in [0.4, 0.5) is 5.69 Å². The molecule has 0 atom stereocenters. The van der Waals surface area contributed by atoms with Gasteiger partial charge >= 0.3 is 0 Å². The first-order valence-corrected chi connectivity index (χ1v) is 6.93. The van der Waals surface area contributed by atoms with Crippen LogP contribution in [0.1, 0.15) is 55.1 Å². The molecule has 1 aromatic heterocycles. The Labute approximate surface area is 118 Å². The van der Waals surface area contributed by atoms with E-state index in [2.05, 4.69) is 27.4 Å². The van der Waals surface area contributed by atoms with Gasteiger partial charge in [-0.25, -0.2) is 4.98 Å². The lowest BCUT2D eigenvalue weighted by atomic mass is 10.1. The predicted octanol–water partition coefficient (Wildman–Crippen LogP) is 3.13. The van der Waals surface area contributed by atoms with E-state index < -0.39 is 0 Å². The first-order valence-electron chi connectivity index (χ1n) is 6.93. The summed E-state index contributed by atoms with van der Waals surface area (Å²) in [6.07, 6.45) is 1.97. The van der Waals surface area contributed by atoms with Crippen LogP contribution in [0.15, 0.2) is 24.3 Å². The lowest BCUT2D eigenvalue weighted by Gasteiger charge is -2.08. The largest absolute Gasteiger partial charge is 0.319 e. The maximum Gasteiger partial charge on any atom is 0.295 e. The van der Waals surface area contributed by atoms with E-state index >= 15 is 0 Å². The number of hydrogen-bond acceptors (Lipinski definition) is 3. The van der Waals surface area contributed by atoms with Crippen molar-refractivity contribution in [2.45, 2.75) is 39.5 Å². The van der Waals surface area contributed by atoms with Crippen LogP contribution in [-0.4, -0.2) is 21.1 Å². The summed E-state index contributed by atoms with van der Waals surface area (Å²) >= 11 is 0. The van der Waals surface area contributed by atoms with Crippen LogP contribution in [0, 0.1) is 0 Å². The number of amides is 1. The molecule has 20 heavy (non-hydrogen) atoms. The Hall–Kier alpha value is -2.17. The number of aryl methyl sites for hydroxylation is 1. The molecule has 1 aromatic carbocycles. The van der Waals surface area contributed by atoms with Gasteiger partial charge in [-0.05, 0) is 18.1 Å². The average Bonchev–Trinajstić information content (AvgIpc) is 2.91. The van der Waals surface area contributed by atoms with Crippen LogP contribution in [0.5, 0.6) is 0 Å². The van der Waals surface area contributed by atoms with E-state index in [0.29, 0.717) is 0 Å². The molecule has 0 fully saturated rings. The van der Waals surface area contributed by atoms with Crippen molar-refractivity contribution < 1.29 is 4.79 Å². The fraction of sp³-hybridized carbons (Fsp3) is 0.400. The summed E-state index contributed by atoms with van der Waals surface area (Å²) in [5, 5.41) is 9.63. The van der Waals surface area contributed by atoms with Crippen LogP contribution in [0.3, 0.4) is 0 Å². The zero-order valence-corrected chi connectivity index (χ0v) is 12.1. The molecule has 0 bridgehead atoms. The van der Waals surface area contributed by atoms with E-state index in [1.165, 1.54) is 0 Å². The van der Waals surface area contributed by atoms with Crippen molar-refractivity contribution in [2.24, 2.45) is 0 Å². The number of carbonyl (C=O) groups is 1. The number of H-pyrrole nitrogens is 1. The van der Waals surface area contributed by atoms with Crippen molar-refractivity contribution in [3.8, 4) is 0 Å². The van der Waals surface area contributed by atoms with Crippen molar-refractivity contribution in [1.82, 2.24) is 15.2 Å². The number of carbonyl (C=O) groups excluding carboxylic acids is 1. The number of nitrogens with zero attached hydrogens (tertiary/aromatic N) is 2. The Bertz CT molecular complexity index is 589. The van der Waals surface area contributed by atoms with Crippen molar-refractivity contribution in [3.63, 3.8) is 0 Å². The highest BCUT2D eigenvalue weighted by Gasteiger charge is 2.15. The van der Waals surface area contributed by atoms with Crippen molar-refractivity contribution in [3.05, 3.63) is 41.5 Å². The molecular weight excluding hydrogens is 252 g/mol. The van der Waals surface area contributed by atoms with E-state index in [1.54, 1.807) is 0 Å². The fourth-order valence-electron chi connectivity index (χ4n) is 1.94. The first-order chi connectivity index (χ1) is 9.61. The molecule has 2 N–H and O–H groups in total. The topological polar surface area (TPSA) is 70.7 Å². The monoisotopic (exact) mass is 272 g/mol. The second kappa shape index (κ2) is 6.32.